The topological polar surface area (TPSA) is 9.23 Å². The molecule has 0 unspecified atom stereocenters. The van der Waals surface area contributed by atoms with Crippen LogP contribution in [-0.4, -0.2) is 0 Å². The molecule has 0 radical (unpaired) electrons. The molecule has 0 aromatic heterocycles. The summed E-state index contributed by atoms with van der Waals surface area (Å²) in [5.41, 5.74) is 3.45. The Kier molecular flexibility index (Phi) is 4.12. The number of hydrogen-bond acceptors (Lipinski definition) is 1. The molecular formula is C18H21FO. The van der Waals surface area contributed by atoms with Gasteiger partial charge in [-0.3, -0.25) is 0 Å². The van der Waals surface area contributed by atoms with E-state index in [9.17, 15) is 4.39 Å². The van der Waals surface area contributed by atoms with Crippen LogP contribution in [-0.2, 0) is 12.0 Å². The van der Waals surface area contributed by atoms with Crippen molar-refractivity contribution in [2.75, 3.05) is 0 Å². The maximum atomic E-state index is 13.6. The Bertz CT molecular complexity index is 579. The number of hydrogen-bond donors (Lipinski definition) is 0. The standard InChI is InChI=1S/C18H21FO/c1-13-5-10-16(19)17(11-13)20-12-14-6-8-15(9-7-14)18(2,3)4/h5-11H,12H2,1-4H3. The predicted octanol–water partition coefficient (Wildman–Crippen LogP) is 5.01. The van der Waals surface area contributed by atoms with Crippen LogP contribution in [0.1, 0.15) is 37.5 Å². The zero-order valence-electron chi connectivity index (χ0n) is 12.5. The fourth-order valence-corrected chi connectivity index (χ4v) is 1.98. The molecule has 0 atom stereocenters. The fraction of sp³-hybridized carbons (Fsp3) is 0.333. The van der Waals surface area contributed by atoms with Crippen LogP contribution in [0.3, 0.4) is 0 Å². The molecule has 0 amide bonds. The van der Waals surface area contributed by atoms with Crippen LogP contribution in [0.4, 0.5) is 4.39 Å². The number of halogens is 1. The molecule has 2 aromatic rings. The Labute approximate surface area is 120 Å². The Morgan fingerprint density at radius 2 is 1.65 bits per heavy atom. The van der Waals surface area contributed by atoms with Gasteiger partial charge in [0.15, 0.2) is 11.6 Å². The van der Waals surface area contributed by atoms with Crippen LogP contribution >= 0.6 is 0 Å². The molecule has 0 aliphatic heterocycles. The predicted molar refractivity (Wildman–Crippen MR) is 80.6 cm³/mol. The van der Waals surface area contributed by atoms with Gasteiger partial charge >= 0.3 is 0 Å². The highest BCUT2D eigenvalue weighted by atomic mass is 19.1. The minimum Gasteiger partial charge on any atom is -0.486 e. The Morgan fingerprint density at radius 1 is 1.00 bits per heavy atom. The van der Waals surface area contributed by atoms with Gasteiger partial charge in [-0.25, -0.2) is 4.39 Å². The first-order valence-corrected chi connectivity index (χ1v) is 6.84. The summed E-state index contributed by atoms with van der Waals surface area (Å²) in [5, 5.41) is 0. The minimum absolute atomic E-state index is 0.141. The summed E-state index contributed by atoms with van der Waals surface area (Å²) < 4.78 is 19.1. The first kappa shape index (κ1) is 14.6. The highest BCUT2D eigenvalue weighted by Gasteiger charge is 2.13. The SMILES string of the molecule is Cc1ccc(F)c(OCc2ccc(C(C)(C)C)cc2)c1. The van der Waals surface area contributed by atoms with E-state index in [0.29, 0.717) is 12.4 Å². The molecule has 2 rings (SSSR count). The Balaban J connectivity index is 2.06. The minimum atomic E-state index is -0.318. The maximum Gasteiger partial charge on any atom is 0.165 e. The van der Waals surface area contributed by atoms with E-state index < -0.39 is 0 Å². The highest BCUT2D eigenvalue weighted by Crippen LogP contribution is 2.23. The first-order chi connectivity index (χ1) is 9.36. The lowest BCUT2D eigenvalue weighted by atomic mass is 9.87. The van der Waals surface area contributed by atoms with Gasteiger partial charge in [0.1, 0.15) is 6.61 Å². The van der Waals surface area contributed by atoms with Gasteiger partial charge in [-0.2, -0.15) is 0 Å². The zero-order valence-corrected chi connectivity index (χ0v) is 12.5. The molecule has 0 heterocycles. The van der Waals surface area contributed by atoms with E-state index in [1.54, 1.807) is 12.1 Å². The van der Waals surface area contributed by atoms with Gasteiger partial charge in [0.05, 0.1) is 0 Å². The Hall–Kier alpha value is -1.83. The van der Waals surface area contributed by atoms with Gasteiger partial charge in [-0.1, -0.05) is 51.1 Å². The van der Waals surface area contributed by atoms with Gasteiger partial charge in [-0.05, 0) is 41.2 Å². The average Bonchev–Trinajstić information content (AvgIpc) is 2.39. The van der Waals surface area contributed by atoms with Crippen LogP contribution in [0, 0.1) is 12.7 Å². The summed E-state index contributed by atoms with van der Waals surface area (Å²) in [6.07, 6.45) is 0. The van der Waals surface area contributed by atoms with E-state index in [2.05, 4.69) is 32.9 Å². The number of rotatable bonds is 3. The summed E-state index contributed by atoms with van der Waals surface area (Å²) in [6, 6.07) is 13.2. The maximum absolute atomic E-state index is 13.6. The van der Waals surface area contributed by atoms with Crippen molar-refractivity contribution >= 4 is 0 Å². The van der Waals surface area contributed by atoms with E-state index in [4.69, 9.17) is 4.74 Å². The van der Waals surface area contributed by atoms with E-state index >= 15 is 0 Å². The summed E-state index contributed by atoms with van der Waals surface area (Å²) in [5.74, 6) is -0.00758. The van der Waals surface area contributed by atoms with Crippen molar-refractivity contribution in [3.05, 3.63) is 65.0 Å². The largest absolute Gasteiger partial charge is 0.486 e. The van der Waals surface area contributed by atoms with Crippen molar-refractivity contribution in [3.8, 4) is 5.75 Å². The smallest absolute Gasteiger partial charge is 0.165 e. The lowest BCUT2D eigenvalue weighted by Gasteiger charge is -2.19. The van der Waals surface area contributed by atoms with Gasteiger partial charge in [0.2, 0.25) is 0 Å². The van der Waals surface area contributed by atoms with Crippen molar-refractivity contribution in [1.82, 2.24) is 0 Å². The summed E-state index contributed by atoms with van der Waals surface area (Å²) >= 11 is 0. The molecule has 0 saturated carbocycles. The van der Waals surface area contributed by atoms with Crippen molar-refractivity contribution in [2.45, 2.75) is 39.7 Å². The molecule has 0 bridgehead atoms. The third-order valence-electron chi connectivity index (χ3n) is 3.30. The third-order valence-corrected chi connectivity index (χ3v) is 3.30. The van der Waals surface area contributed by atoms with Crippen molar-refractivity contribution in [2.24, 2.45) is 0 Å². The quantitative estimate of drug-likeness (QED) is 0.763. The van der Waals surface area contributed by atoms with E-state index in [0.717, 1.165) is 11.1 Å². The highest BCUT2D eigenvalue weighted by molar-refractivity contribution is 5.31. The normalized spacial score (nSPS) is 11.4. The van der Waals surface area contributed by atoms with Crippen LogP contribution in [0.25, 0.3) is 0 Å². The molecule has 0 N–H and O–H groups in total. The monoisotopic (exact) mass is 272 g/mol. The molecule has 0 saturated heterocycles. The second-order valence-corrected chi connectivity index (χ2v) is 6.17. The van der Waals surface area contributed by atoms with Crippen molar-refractivity contribution in [3.63, 3.8) is 0 Å². The van der Waals surface area contributed by atoms with E-state index in [1.165, 1.54) is 11.6 Å². The van der Waals surface area contributed by atoms with Crippen LogP contribution in [0.2, 0.25) is 0 Å². The molecule has 106 valence electrons. The first-order valence-electron chi connectivity index (χ1n) is 6.84. The summed E-state index contributed by atoms with van der Waals surface area (Å²) in [6.45, 7) is 8.84. The molecular weight excluding hydrogens is 251 g/mol. The van der Waals surface area contributed by atoms with Gasteiger partial charge < -0.3 is 4.74 Å². The Morgan fingerprint density at radius 3 is 2.25 bits per heavy atom. The molecule has 2 aromatic carbocycles. The van der Waals surface area contributed by atoms with Crippen LogP contribution < -0.4 is 4.74 Å². The molecule has 0 aliphatic rings. The van der Waals surface area contributed by atoms with Gasteiger partial charge in [-0.15, -0.1) is 0 Å². The second kappa shape index (κ2) is 5.66. The fourth-order valence-electron chi connectivity index (χ4n) is 1.98. The molecule has 1 nitrogen and oxygen atoms in total. The molecule has 0 aliphatic carbocycles. The molecule has 2 heteroatoms. The molecule has 0 fully saturated rings. The van der Waals surface area contributed by atoms with Crippen LogP contribution in [0.5, 0.6) is 5.75 Å². The van der Waals surface area contributed by atoms with Crippen molar-refractivity contribution < 1.29 is 9.13 Å². The van der Waals surface area contributed by atoms with Crippen molar-refractivity contribution in [1.29, 1.82) is 0 Å². The second-order valence-electron chi connectivity index (χ2n) is 6.17. The number of benzene rings is 2. The summed E-state index contributed by atoms with van der Waals surface area (Å²) in [7, 11) is 0. The lowest BCUT2D eigenvalue weighted by Crippen LogP contribution is -2.10. The zero-order chi connectivity index (χ0) is 14.8. The third kappa shape index (κ3) is 3.60. The van der Waals surface area contributed by atoms with Gasteiger partial charge in [0, 0.05) is 0 Å². The molecule has 0 spiro atoms. The number of aryl methyl sites for hydroxylation is 1. The average molecular weight is 272 g/mol. The summed E-state index contributed by atoms with van der Waals surface area (Å²) in [4.78, 5) is 0. The lowest BCUT2D eigenvalue weighted by molar-refractivity contribution is 0.290. The van der Waals surface area contributed by atoms with E-state index in [1.807, 2.05) is 19.1 Å². The van der Waals surface area contributed by atoms with Crippen LogP contribution in [0.15, 0.2) is 42.5 Å². The molecule has 20 heavy (non-hydrogen) atoms. The number of ether oxygens (including phenoxy) is 1. The van der Waals surface area contributed by atoms with Gasteiger partial charge in [0.25, 0.3) is 0 Å². The van der Waals surface area contributed by atoms with E-state index in [-0.39, 0.29) is 11.2 Å².